The number of nitrogens with two attached hydrogens (primary N) is 1. The third-order valence-corrected chi connectivity index (χ3v) is 4.55. The average molecular weight is 294 g/mol. The zero-order valence-electron chi connectivity index (χ0n) is 12.2. The van der Waals surface area contributed by atoms with E-state index in [1.54, 1.807) is 0 Å². The molecular formula is C13H19BN2O3S. The number of rotatable bonds is 4. The van der Waals surface area contributed by atoms with E-state index >= 15 is 0 Å². The van der Waals surface area contributed by atoms with Gasteiger partial charge in [-0.2, -0.15) is 0 Å². The van der Waals surface area contributed by atoms with Crippen molar-refractivity contribution in [1.29, 1.82) is 0 Å². The summed E-state index contributed by atoms with van der Waals surface area (Å²) < 4.78 is 11.9. The van der Waals surface area contributed by atoms with Crippen LogP contribution in [0.5, 0.6) is 0 Å². The zero-order valence-corrected chi connectivity index (χ0v) is 13.0. The molecule has 0 bridgehead atoms. The van der Waals surface area contributed by atoms with Gasteiger partial charge in [0.1, 0.15) is 0 Å². The number of hydrogen-bond acceptors (Lipinski definition) is 6. The second-order valence-corrected chi connectivity index (χ2v) is 6.63. The van der Waals surface area contributed by atoms with Gasteiger partial charge in [0.25, 0.3) is 0 Å². The molecule has 0 aliphatic carbocycles. The maximum atomic E-state index is 10.7. The molecule has 1 aliphatic rings. The lowest BCUT2D eigenvalue weighted by Crippen LogP contribution is -2.41. The Balaban J connectivity index is 2.23. The molecule has 2 rings (SSSR count). The molecule has 0 saturated carbocycles. The summed E-state index contributed by atoms with van der Waals surface area (Å²) in [5, 5.41) is 2.26. The van der Waals surface area contributed by atoms with E-state index in [4.69, 9.17) is 15.0 Å². The Hall–Kier alpha value is -1.02. The Bertz CT molecular complexity index is 523. The predicted molar refractivity (Wildman–Crippen MR) is 80.6 cm³/mol. The first-order chi connectivity index (χ1) is 9.29. The molecule has 7 heteroatoms. The zero-order chi connectivity index (χ0) is 15.0. The van der Waals surface area contributed by atoms with Crippen molar-refractivity contribution in [1.82, 2.24) is 4.98 Å². The summed E-state index contributed by atoms with van der Waals surface area (Å²) in [6.07, 6.45) is 2.56. The number of thiazole rings is 1. The molecule has 1 saturated heterocycles. The quantitative estimate of drug-likeness (QED) is 0.678. The summed E-state index contributed by atoms with van der Waals surface area (Å²) in [5.74, 6) is 0. The minimum atomic E-state index is -0.480. The van der Waals surface area contributed by atoms with Crippen molar-refractivity contribution in [3.8, 4) is 0 Å². The average Bonchev–Trinajstić information content (AvgIpc) is 2.89. The van der Waals surface area contributed by atoms with E-state index in [0.29, 0.717) is 17.2 Å². The Morgan fingerprint density at radius 2 is 2.00 bits per heavy atom. The Kier molecular flexibility index (Phi) is 4.15. The summed E-state index contributed by atoms with van der Waals surface area (Å²) in [4.78, 5) is 14.8. The molecule has 20 heavy (non-hydrogen) atoms. The van der Waals surface area contributed by atoms with Crippen LogP contribution < -0.4 is 5.73 Å². The van der Waals surface area contributed by atoms with E-state index < -0.39 is 18.3 Å². The second-order valence-electron chi connectivity index (χ2n) is 5.74. The highest BCUT2D eigenvalue weighted by Gasteiger charge is 2.52. The fourth-order valence-electron chi connectivity index (χ4n) is 1.83. The minimum Gasteiger partial charge on any atom is -0.400 e. The third-order valence-electron chi connectivity index (χ3n) is 3.77. The van der Waals surface area contributed by atoms with Crippen molar-refractivity contribution in [3.63, 3.8) is 0 Å². The number of aromatic nitrogens is 1. The lowest BCUT2D eigenvalue weighted by Gasteiger charge is -2.32. The van der Waals surface area contributed by atoms with Crippen LogP contribution in [0.2, 0.25) is 0 Å². The van der Waals surface area contributed by atoms with Crippen molar-refractivity contribution in [2.24, 2.45) is 5.73 Å². The Morgan fingerprint density at radius 3 is 2.45 bits per heavy atom. The minimum absolute atomic E-state index is 0.310. The number of carbonyl (C=O) groups is 1. The smallest absolute Gasteiger partial charge is 0.400 e. The first-order valence-corrected chi connectivity index (χ1v) is 7.34. The van der Waals surface area contributed by atoms with Crippen molar-refractivity contribution in [2.45, 2.75) is 38.9 Å². The summed E-state index contributed by atoms with van der Waals surface area (Å²) in [6, 6.07) is 0. The molecule has 1 fully saturated rings. The van der Waals surface area contributed by atoms with Crippen molar-refractivity contribution in [3.05, 3.63) is 21.6 Å². The first-order valence-electron chi connectivity index (χ1n) is 6.46. The van der Waals surface area contributed by atoms with Gasteiger partial charge in [0, 0.05) is 11.9 Å². The van der Waals surface area contributed by atoms with Gasteiger partial charge in [0.2, 0.25) is 0 Å². The number of carbonyl (C=O) groups excluding carboxylic acids is 1. The monoisotopic (exact) mass is 294 g/mol. The van der Waals surface area contributed by atoms with Crippen molar-refractivity contribution >= 4 is 30.8 Å². The molecule has 0 spiro atoms. The highest BCUT2D eigenvalue weighted by molar-refractivity contribution is 7.11. The van der Waals surface area contributed by atoms with Gasteiger partial charge < -0.3 is 15.0 Å². The van der Waals surface area contributed by atoms with Crippen LogP contribution >= 0.6 is 11.3 Å². The number of nitrogens with zero attached hydrogens (tertiary/aromatic N) is 1. The molecule has 0 aromatic carbocycles. The molecule has 2 heterocycles. The lowest BCUT2D eigenvalue weighted by molar-refractivity contribution is 0.00578. The third kappa shape index (κ3) is 2.86. The van der Waals surface area contributed by atoms with Crippen LogP contribution in [-0.2, 0) is 9.31 Å². The maximum absolute atomic E-state index is 10.7. The van der Waals surface area contributed by atoms with Gasteiger partial charge in [-0.15, -0.1) is 11.3 Å². The molecule has 0 radical (unpaired) electrons. The largest absolute Gasteiger partial charge is 0.491 e. The molecule has 108 valence electrons. The van der Waals surface area contributed by atoms with E-state index in [1.165, 1.54) is 11.3 Å². The fraction of sp³-hybridized carbons (Fsp3) is 0.538. The lowest BCUT2D eigenvalue weighted by atomic mass is 9.77. The molecular weight excluding hydrogens is 275 g/mol. The summed E-state index contributed by atoms with van der Waals surface area (Å²) >= 11 is 1.30. The Labute approximate surface area is 123 Å². The highest BCUT2D eigenvalue weighted by Crippen LogP contribution is 2.38. The highest BCUT2D eigenvalue weighted by atomic mass is 32.1. The van der Waals surface area contributed by atoms with Crippen LogP contribution in [0, 0.1) is 0 Å². The predicted octanol–water partition coefficient (Wildman–Crippen LogP) is 1.93. The molecule has 2 N–H and O–H groups in total. The van der Waals surface area contributed by atoms with E-state index in [0.717, 1.165) is 11.8 Å². The second kappa shape index (κ2) is 5.40. The van der Waals surface area contributed by atoms with E-state index in [1.807, 2.05) is 39.2 Å². The van der Waals surface area contributed by atoms with Crippen molar-refractivity contribution < 1.29 is 14.1 Å². The maximum Gasteiger partial charge on any atom is 0.491 e. The molecule has 0 atom stereocenters. The van der Waals surface area contributed by atoms with Gasteiger partial charge in [-0.25, -0.2) is 4.98 Å². The van der Waals surface area contributed by atoms with Gasteiger partial charge in [0.05, 0.1) is 16.9 Å². The summed E-state index contributed by atoms with van der Waals surface area (Å²) in [5.41, 5.74) is 6.51. The number of hydrogen-bond donors (Lipinski definition) is 1. The number of aldehydes is 1. The first kappa shape index (κ1) is 15.4. The van der Waals surface area contributed by atoms with Crippen LogP contribution in [0.1, 0.15) is 43.2 Å². The Morgan fingerprint density at radius 1 is 1.40 bits per heavy atom. The van der Waals surface area contributed by atoms with Crippen LogP contribution in [0.4, 0.5) is 0 Å². The fourth-order valence-corrected chi connectivity index (χ4v) is 2.40. The summed E-state index contributed by atoms with van der Waals surface area (Å²) in [6.45, 7) is 8.29. The van der Waals surface area contributed by atoms with Gasteiger partial charge in [-0.1, -0.05) is 0 Å². The molecule has 1 aromatic rings. The van der Waals surface area contributed by atoms with Crippen LogP contribution in [0.3, 0.4) is 0 Å². The summed E-state index contributed by atoms with van der Waals surface area (Å²) in [7, 11) is -0.480. The standard InChI is InChI=1S/C13H19BN2O3S/c1-12(2)13(3,4)19-14(18-12)9(6-15)5-10-8-20-11(7-17)16-10/h5,7-8H,6,15H2,1-4H3. The SMILES string of the molecule is CC1(C)OB(C(=Cc2csc(C=O)n2)CN)OC1(C)C. The van der Waals surface area contributed by atoms with E-state index in [-0.39, 0.29) is 0 Å². The topological polar surface area (TPSA) is 74.4 Å². The van der Waals surface area contributed by atoms with Crippen molar-refractivity contribution in [2.75, 3.05) is 6.54 Å². The van der Waals surface area contributed by atoms with Gasteiger partial charge >= 0.3 is 7.12 Å². The van der Waals surface area contributed by atoms with Gasteiger partial charge in [-0.3, -0.25) is 4.79 Å². The van der Waals surface area contributed by atoms with Gasteiger partial charge in [0.15, 0.2) is 11.3 Å². The van der Waals surface area contributed by atoms with E-state index in [2.05, 4.69) is 4.98 Å². The molecule has 1 aromatic heterocycles. The van der Waals surface area contributed by atoms with Gasteiger partial charge in [-0.05, 0) is 39.2 Å². The normalized spacial score (nSPS) is 21.2. The van der Waals surface area contributed by atoms with E-state index in [9.17, 15) is 4.79 Å². The van der Waals surface area contributed by atoms with Crippen LogP contribution in [0.25, 0.3) is 6.08 Å². The van der Waals surface area contributed by atoms with Crippen LogP contribution in [0.15, 0.2) is 10.9 Å². The molecule has 5 nitrogen and oxygen atoms in total. The molecule has 0 unspecified atom stereocenters. The van der Waals surface area contributed by atoms with Crippen LogP contribution in [-0.4, -0.2) is 36.1 Å². The molecule has 0 amide bonds. The molecule has 1 aliphatic heterocycles.